The fraction of sp³-hybridized carbons (Fsp3) is 0.722. The van der Waals surface area contributed by atoms with Crippen molar-refractivity contribution in [1.82, 2.24) is 14.9 Å². The minimum Gasteiger partial charge on any atom is -0.379 e. The molecule has 130 valence electrons. The summed E-state index contributed by atoms with van der Waals surface area (Å²) in [5.74, 6) is 2.60. The van der Waals surface area contributed by atoms with Crippen LogP contribution in [0, 0.1) is 11.3 Å². The van der Waals surface area contributed by atoms with Gasteiger partial charge in [-0.05, 0) is 44.8 Å². The van der Waals surface area contributed by atoms with Crippen molar-refractivity contribution in [2.24, 2.45) is 0 Å². The van der Waals surface area contributed by atoms with Crippen LogP contribution < -0.4 is 4.90 Å². The highest BCUT2D eigenvalue weighted by molar-refractivity contribution is 5.38. The van der Waals surface area contributed by atoms with E-state index < -0.39 is 0 Å². The van der Waals surface area contributed by atoms with E-state index in [1.807, 2.05) is 12.3 Å². The molecular weight excluding hydrogens is 302 g/mol. The number of nitriles is 1. The Hall–Kier alpha value is -1.71. The predicted octanol–water partition coefficient (Wildman–Crippen LogP) is 2.19. The van der Waals surface area contributed by atoms with E-state index in [2.05, 4.69) is 20.9 Å². The zero-order valence-electron chi connectivity index (χ0n) is 14.4. The number of aromatic nitrogens is 2. The Balaban J connectivity index is 1.44. The molecule has 0 N–H and O–H groups in total. The fourth-order valence-electron chi connectivity index (χ4n) is 3.51. The summed E-state index contributed by atoms with van der Waals surface area (Å²) >= 11 is 0. The van der Waals surface area contributed by atoms with Crippen LogP contribution >= 0.6 is 0 Å². The highest BCUT2D eigenvalue weighted by atomic mass is 16.5. The van der Waals surface area contributed by atoms with Gasteiger partial charge in [0.25, 0.3) is 0 Å². The smallest absolute Gasteiger partial charge is 0.133 e. The molecule has 0 aliphatic carbocycles. The number of ether oxygens (including phenoxy) is 1. The third-order valence-corrected chi connectivity index (χ3v) is 4.95. The molecule has 2 aliphatic heterocycles. The summed E-state index contributed by atoms with van der Waals surface area (Å²) in [5.41, 5.74) is 0. The topological polar surface area (TPSA) is 65.3 Å². The van der Waals surface area contributed by atoms with Crippen LogP contribution in [0.3, 0.4) is 0 Å². The molecule has 6 heteroatoms. The molecule has 0 bridgehead atoms. The molecule has 0 radical (unpaired) electrons. The Morgan fingerprint density at radius 2 is 1.96 bits per heavy atom. The van der Waals surface area contributed by atoms with Gasteiger partial charge in [0.2, 0.25) is 0 Å². The van der Waals surface area contributed by atoms with E-state index in [9.17, 15) is 0 Å². The first-order valence-electron chi connectivity index (χ1n) is 9.12. The highest BCUT2D eigenvalue weighted by Crippen LogP contribution is 2.27. The van der Waals surface area contributed by atoms with E-state index in [4.69, 9.17) is 15.0 Å². The van der Waals surface area contributed by atoms with Crippen LogP contribution in [0.1, 0.15) is 43.8 Å². The monoisotopic (exact) mass is 329 g/mol. The third kappa shape index (κ3) is 4.65. The Kier molecular flexibility index (Phi) is 6.39. The number of hydrogen-bond acceptors (Lipinski definition) is 6. The second kappa shape index (κ2) is 8.95. The van der Waals surface area contributed by atoms with E-state index in [-0.39, 0.29) is 0 Å². The molecule has 3 heterocycles. The maximum Gasteiger partial charge on any atom is 0.133 e. The summed E-state index contributed by atoms with van der Waals surface area (Å²) in [5, 5.41) is 8.49. The first-order chi connectivity index (χ1) is 11.9. The van der Waals surface area contributed by atoms with Crippen molar-refractivity contribution < 1.29 is 4.74 Å². The molecule has 3 rings (SSSR count). The minimum absolute atomic E-state index is 0.475. The minimum atomic E-state index is 0.475. The molecule has 0 saturated carbocycles. The first kappa shape index (κ1) is 17.1. The summed E-state index contributed by atoms with van der Waals surface area (Å²) in [6, 6.07) is 4.14. The van der Waals surface area contributed by atoms with Gasteiger partial charge in [-0.1, -0.05) is 0 Å². The van der Waals surface area contributed by atoms with Crippen molar-refractivity contribution in [3.8, 4) is 6.07 Å². The number of rotatable bonds is 7. The van der Waals surface area contributed by atoms with Crippen molar-refractivity contribution >= 4 is 5.82 Å². The molecule has 2 saturated heterocycles. The van der Waals surface area contributed by atoms with Gasteiger partial charge in [0.05, 0.1) is 25.7 Å². The van der Waals surface area contributed by atoms with E-state index in [0.717, 1.165) is 57.2 Å². The standard InChI is InChI=1S/C18H27N5O/c19-7-3-14-24-15-13-22-11-5-16(6-12-22)18-20-8-4-17(21-18)23-9-1-2-10-23/h4,8,16H,1-3,5-6,9-15H2. The first-order valence-corrected chi connectivity index (χ1v) is 9.12. The maximum atomic E-state index is 8.49. The van der Waals surface area contributed by atoms with Crippen LogP contribution in [-0.4, -0.2) is 60.8 Å². The van der Waals surface area contributed by atoms with Gasteiger partial charge in [0.15, 0.2) is 0 Å². The normalized spacial score (nSPS) is 19.5. The number of likely N-dealkylation sites (tertiary alicyclic amines) is 1. The average Bonchev–Trinajstić information content (AvgIpc) is 3.17. The fourth-order valence-corrected chi connectivity index (χ4v) is 3.51. The molecule has 0 amide bonds. The second-order valence-corrected chi connectivity index (χ2v) is 6.60. The Morgan fingerprint density at radius 1 is 1.17 bits per heavy atom. The van der Waals surface area contributed by atoms with Crippen molar-refractivity contribution in [3.05, 3.63) is 18.1 Å². The van der Waals surface area contributed by atoms with Gasteiger partial charge in [0, 0.05) is 31.7 Å². The number of piperidine rings is 1. The van der Waals surface area contributed by atoms with Gasteiger partial charge < -0.3 is 14.5 Å². The lowest BCUT2D eigenvalue weighted by Gasteiger charge is -2.31. The van der Waals surface area contributed by atoms with Gasteiger partial charge in [-0.15, -0.1) is 0 Å². The highest BCUT2D eigenvalue weighted by Gasteiger charge is 2.23. The number of hydrogen-bond donors (Lipinski definition) is 0. The second-order valence-electron chi connectivity index (χ2n) is 6.60. The van der Waals surface area contributed by atoms with Crippen LogP contribution in [0.15, 0.2) is 12.3 Å². The van der Waals surface area contributed by atoms with E-state index in [1.165, 1.54) is 12.8 Å². The van der Waals surface area contributed by atoms with Crippen LogP contribution in [0.5, 0.6) is 0 Å². The lowest BCUT2D eigenvalue weighted by molar-refractivity contribution is 0.0967. The molecular formula is C18H27N5O. The lowest BCUT2D eigenvalue weighted by Crippen LogP contribution is -2.36. The van der Waals surface area contributed by atoms with E-state index in [1.54, 1.807) is 0 Å². The van der Waals surface area contributed by atoms with E-state index in [0.29, 0.717) is 25.6 Å². The van der Waals surface area contributed by atoms with Crippen molar-refractivity contribution in [1.29, 1.82) is 5.26 Å². The van der Waals surface area contributed by atoms with Crippen LogP contribution in [0.2, 0.25) is 0 Å². The molecule has 6 nitrogen and oxygen atoms in total. The molecule has 0 unspecified atom stereocenters. The van der Waals surface area contributed by atoms with Crippen LogP contribution in [0.4, 0.5) is 5.82 Å². The van der Waals surface area contributed by atoms with Gasteiger partial charge in [-0.3, -0.25) is 0 Å². The molecule has 2 aliphatic rings. The zero-order chi connectivity index (χ0) is 16.6. The number of anilines is 1. The SMILES string of the molecule is N#CCCOCCN1CCC(c2nccc(N3CCCC3)n2)CC1. The molecule has 1 aromatic heterocycles. The Labute approximate surface area is 144 Å². The molecule has 0 aromatic carbocycles. The summed E-state index contributed by atoms with van der Waals surface area (Å²) in [6.07, 6.45) is 7.17. The van der Waals surface area contributed by atoms with Crippen LogP contribution in [0.25, 0.3) is 0 Å². The van der Waals surface area contributed by atoms with E-state index >= 15 is 0 Å². The average molecular weight is 329 g/mol. The number of nitrogens with zero attached hydrogens (tertiary/aromatic N) is 5. The summed E-state index contributed by atoms with van der Waals surface area (Å²) < 4.78 is 5.47. The quantitative estimate of drug-likeness (QED) is 0.715. The Morgan fingerprint density at radius 3 is 2.71 bits per heavy atom. The van der Waals surface area contributed by atoms with Crippen LogP contribution in [-0.2, 0) is 4.74 Å². The summed E-state index contributed by atoms with van der Waals surface area (Å²) in [6.45, 7) is 6.61. The molecule has 0 atom stereocenters. The summed E-state index contributed by atoms with van der Waals surface area (Å²) in [4.78, 5) is 14.2. The third-order valence-electron chi connectivity index (χ3n) is 4.95. The molecule has 2 fully saturated rings. The molecule has 0 spiro atoms. The molecule has 24 heavy (non-hydrogen) atoms. The van der Waals surface area contributed by atoms with Gasteiger partial charge >= 0.3 is 0 Å². The van der Waals surface area contributed by atoms with Crippen molar-refractivity contribution in [3.63, 3.8) is 0 Å². The van der Waals surface area contributed by atoms with Gasteiger partial charge in [-0.25, -0.2) is 9.97 Å². The largest absolute Gasteiger partial charge is 0.379 e. The Bertz CT molecular complexity index is 545. The van der Waals surface area contributed by atoms with Crippen molar-refractivity contribution in [2.75, 3.05) is 50.8 Å². The predicted molar refractivity (Wildman–Crippen MR) is 92.9 cm³/mol. The maximum absolute atomic E-state index is 8.49. The molecule has 1 aromatic rings. The summed E-state index contributed by atoms with van der Waals surface area (Å²) in [7, 11) is 0. The van der Waals surface area contributed by atoms with Crippen molar-refractivity contribution in [2.45, 2.75) is 38.0 Å². The lowest BCUT2D eigenvalue weighted by atomic mass is 9.96. The van der Waals surface area contributed by atoms with Gasteiger partial charge in [-0.2, -0.15) is 5.26 Å². The van der Waals surface area contributed by atoms with Gasteiger partial charge in [0.1, 0.15) is 11.6 Å². The zero-order valence-corrected chi connectivity index (χ0v) is 14.4.